The molecule has 2 N–H and O–H groups in total. The minimum Gasteiger partial charge on any atom is -0.493 e. The Morgan fingerprint density at radius 2 is 1.90 bits per heavy atom. The predicted molar refractivity (Wildman–Crippen MR) is 81.3 cm³/mol. The molecule has 0 fully saturated rings. The summed E-state index contributed by atoms with van der Waals surface area (Å²) in [6.07, 6.45) is 0.963. The zero-order valence-electron chi connectivity index (χ0n) is 13.2. The Bertz CT molecular complexity index is 418. The van der Waals surface area contributed by atoms with Crippen LogP contribution < -0.4 is 14.8 Å². The number of rotatable bonds is 8. The van der Waals surface area contributed by atoms with E-state index in [1.165, 1.54) is 0 Å². The Morgan fingerprint density at radius 1 is 1.25 bits per heavy atom. The van der Waals surface area contributed by atoms with Crippen molar-refractivity contribution in [1.82, 2.24) is 5.32 Å². The Balaban J connectivity index is 2.58. The van der Waals surface area contributed by atoms with Gasteiger partial charge < -0.3 is 19.9 Å². The first-order valence-electron chi connectivity index (χ1n) is 7.08. The molecule has 4 nitrogen and oxygen atoms in total. The van der Waals surface area contributed by atoms with Crippen molar-refractivity contribution >= 4 is 0 Å². The Morgan fingerprint density at radius 3 is 2.45 bits per heavy atom. The van der Waals surface area contributed by atoms with Crippen LogP contribution in [0.15, 0.2) is 18.2 Å². The van der Waals surface area contributed by atoms with Gasteiger partial charge in [-0.25, -0.2) is 0 Å². The standard InChI is InChI=1S/C16H27NO3/c1-6-12(2)16(3,18)11-17-10-13-7-8-14(19-4)15(9-13)20-5/h7-9,12,17-18H,6,10-11H2,1-5H3. The Labute approximate surface area is 122 Å². The molecular weight excluding hydrogens is 254 g/mol. The lowest BCUT2D eigenvalue weighted by Crippen LogP contribution is -2.42. The van der Waals surface area contributed by atoms with Crippen LogP contribution in [0.25, 0.3) is 0 Å². The molecule has 0 aliphatic carbocycles. The van der Waals surface area contributed by atoms with Crippen molar-refractivity contribution in [1.29, 1.82) is 0 Å². The molecule has 0 aromatic heterocycles. The Hall–Kier alpha value is -1.26. The van der Waals surface area contributed by atoms with Crippen LogP contribution in [-0.4, -0.2) is 31.5 Å². The summed E-state index contributed by atoms with van der Waals surface area (Å²) in [5.74, 6) is 1.71. The number of ether oxygens (including phenoxy) is 2. The van der Waals surface area contributed by atoms with Gasteiger partial charge in [-0.15, -0.1) is 0 Å². The summed E-state index contributed by atoms with van der Waals surface area (Å²) in [4.78, 5) is 0. The largest absolute Gasteiger partial charge is 0.493 e. The fourth-order valence-corrected chi connectivity index (χ4v) is 2.06. The van der Waals surface area contributed by atoms with Crippen molar-refractivity contribution in [2.45, 2.75) is 39.3 Å². The maximum Gasteiger partial charge on any atom is 0.161 e. The van der Waals surface area contributed by atoms with Crippen LogP contribution in [0, 0.1) is 5.92 Å². The van der Waals surface area contributed by atoms with Gasteiger partial charge in [-0.1, -0.05) is 26.3 Å². The number of aliphatic hydroxyl groups is 1. The lowest BCUT2D eigenvalue weighted by Gasteiger charge is -2.30. The highest BCUT2D eigenvalue weighted by molar-refractivity contribution is 5.42. The van der Waals surface area contributed by atoms with E-state index in [0.717, 1.165) is 23.5 Å². The van der Waals surface area contributed by atoms with Gasteiger partial charge in [0.15, 0.2) is 11.5 Å². The van der Waals surface area contributed by atoms with Crippen LogP contribution in [0.1, 0.15) is 32.8 Å². The number of hydrogen-bond donors (Lipinski definition) is 2. The van der Waals surface area contributed by atoms with Crippen molar-refractivity contribution < 1.29 is 14.6 Å². The molecule has 4 heteroatoms. The van der Waals surface area contributed by atoms with E-state index in [1.807, 2.05) is 25.1 Å². The SMILES string of the molecule is CCC(C)C(C)(O)CNCc1ccc(OC)c(OC)c1. The Kier molecular flexibility index (Phi) is 6.30. The number of methoxy groups -OCH3 is 2. The third-order valence-corrected chi connectivity index (χ3v) is 3.93. The molecule has 0 amide bonds. The van der Waals surface area contributed by atoms with Crippen LogP contribution >= 0.6 is 0 Å². The number of hydrogen-bond acceptors (Lipinski definition) is 4. The zero-order valence-corrected chi connectivity index (χ0v) is 13.2. The van der Waals surface area contributed by atoms with Crippen LogP contribution in [-0.2, 0) is 6.54 Å². The van der Waals surface area contributed by atoms with Gasteiger partial charge in [0.2, 0.25) is 0 Å². The molecule has 0 saturated carbocycles. The number of nitrogens with one attached hydrogen (secondary N) is 1. The third kappa shape index (κ3) is 4.39. The topological polar surface area (TPSA) is 50.7 Å². The van der Waals surface area contributed by atoms with Gasteiger partial charge in [0.25, 0.3) is 0 Å². The van der Waals surface area contributed by atoms with E-state index in [4.69, 9.17) is 9.47 Å². The fourth-order valence-electron chi connectivity index (χ4n) is 2.06. The summed E-state index contributed by atoms with van der Waals surface area (Å²) in [7, 11) is 3.25. The summed E-state index contributed by atoms with van der Waals surface area (Å²) in [5.41, 5.74) is 0.410. The highest BCUT2D eigenvalue weighted by Crippen LogP contribution is 2.27. The first kappa shape index (κ1) is 16.8. The van der Waals surface area contributed by atoms with Gasteiger partial charge in [-0.3, -0.25) is 0 Å². The van der Waals surface area contributed by atoms with Gasteiger partial charge in [0.1, 0.15) is 0 Å². The minimum absolute atomic E-state index is 0.264. The maximum atomic E-state index is 10.3. The van der Waals surface area contributed by atoms with Crippen molar-refractivity contribution in [3.63, 3.8) is 0 Å². The summed E-state index contributed by atoms with van der Waals surface area (Å²) in [5, 5.41) is 13.6. The monoisotopic (exact) mass is 281 g/mol. The van der Waals surface area contributed by atoms with E-state index in [9.17, 15) is 5.11 Å². The van der Waals surface area contributed by atoms with Gasteiger partial charge >= 0.3 is 0 Å². The first-order valence-corrected chi connectivity index (χ1v) is 7.08. The molecule has 0 aliphatic rings. The molecule has 0 aliphatic heterocycles. The van der Waals surface area contributed by atoms with Gasteiger partial charge in [0, 0.05) is 13.1 Å². The van der Waals surface area contributed by atoms with Gasteiger partial charge in [-0.05, 0) is 30.5 Å². The molecule has 2 unspecified atom stereocenters. The lowest BCUT2D eigenvalue weighted by molar-refractivity contribution is 0.00534. The molecular formula is C16H27NO3. The molecule has 0 heterocycles. The second-order valence-corrected chi connectivity index (χ2v) is 5.46. The fraction of sp³-hybridized carbons (Fsp3) is 0.625. The first-order chi connectivity index (χ1) is 9.44. The van der Waals surface area contributed by atoms with Crippen LogP contribution in [0.4, 0.5) is 0 Å². The second-order valence-electron chi connectivity index (χ2n) is 5.46. The summed E-state index contributed by atoms with van der Waals surface area (Å²) in [6.45, 7) is 7.29. The normalized spacial score (nSPS) is 15.5. The van der Waals surface area contributed by atoms with Crippen molar-refractivity contribution in [3.8, 4) is 11.5 Å². The molecule has 0 saturated heterocycles. The van der Waals surface area contributed by atoms with Gasteiger partial charge in [-0.2, -0.15) is 0 Å². The molecule has 20 heavy (non-hydrogen) atoms. The highest BCUT2D eigenvalue weighted by atomic mass is 16.5. The van der Waals surface area contributed by atoms with Crippen LogP contribution in [0.3, 0.4) is 0 Å². The molecule has 1 aromatic carbocycles. The van der Waals surface area contributed by atoms with E-state index in [1.54, 1.807) is 14.2 Å². The molecule has 1 aromatic rings. The molecule has 0 radical (unpaired) electrons. The second kappa shape index (κ2) is 7.50. The van der Waals surface area contributed by atoms with Crippen molar-refractivity contribution in [2.75, 3.05) is 20.8 Å². The van der Waals surface area contributed by atoms with E-state index in [2.05, 4.69) is 19.2 Å². The van der Waals surface area contributed by atoms with Crippen molar-refractivity contribution in [2.24, 2.45) is 5.92 Å². The number of benzene rings is 1. The summed E-state index contributed by atoms with van der Waals surface area (Å²) in [6, 6.07) is 5.83. The van der Waals surface area contributed by atoms with E-state index in [-0.39, 0.29) is 5.92 Å². The third-order valence-electron chi connectivity index (χ3n) is 3.93. The quantitative estimate of drug-likeness (QED) is 0.769. The highest BCUT2D eigenvalue weighted by Gasteiger charge is 2.26. The minimum atomic E-state index is -0.689. The molecule has 114 valence electrons. The average molecular weight is 281 g/mol. The lowest BCUT2D eigenvalue weighted by atomic mass is 9.88. The van der Waals surface area contributed by atoms with E-state index in [0.29, 0.717) is 13.1 Å². The maximum absolute atomic E-state index is 10.3. The summed E-state index contributed by atoms with van der Waals surface area (Å²) >= 11 is 0. The van der Waals surface area contributed by atoms with E-state index >= 15 is 0 Å². The smallest absolute Gasteiger partial charge is 0.161 e. The summed E-state index contributed by atoms with van der Waals surface area (Å²) < 4.78 is 10.5. The van der Waals surface area contributed by atoms with Crippen LogP contribution in [0.2, 0.25) is 0 Å². The molecule has 0 spiro atoms. The molecule has 1 rings (SSSR count). The van der Waals surface area contributed by atoms with Gasteiger partial charge in [0.05, 0.1) is 19.8 Å². The molecule has 0 bridgehead atoms. The van der Waals surface area contributed by atoms with Crippen molar-refractivity contribution in [3.05, 3.63) is 23.8 Å². The average Bonchev–Trinajstić information content (AvgIpc) is 2.45. The predicted octanol–water partition coefficient (Wildman–Crippen LogP) is 2.59. The zero-order chi connectivity index (χ0) is 15.2. The van der Waals surface area contributed by atoms with Crippen LogP contribution in [0.5, 0.6) is 11.5 Å². The van der Waals surface area contributed by atoms with E-state index < -0.39 is 5.60 Å². The molecule has 2 atom stereocenters.